The van der Waals surface area contributed by atoms with Crippen molar-refractivity contribution in [1.29, 1.82) is 0 Å². The third kappa shape index (κ3) is 10.4. The highest BCUT2D eigenvalue weighted by Crippen LogP contribution is 2.19. The second kappa shape index (κ2) is 15.2. The van der Waals surface area contributed by atoms with Crippen LogP contribution in [-0.2, 0) is 30.3 Å². The molecule has 0 fully saturated rings. The number of rotatable bonds is 15. The molecule has 0 saturated carbocycles. The van der Waals surface area contributed by atoms with Gasteiger partial charge >= 0.3 is 11.9 Å². The van der Waals surface area contributed by atoms with Gasteiger partial charge in [-0.2, -0.15) is 4.98 Å². The van der Waals surface area contributed by atoms with Crippen LogP contribution in [0, 0.1) is 0 Å². The molecule has 188 valence electrons. The zero-order chi connectivity index (χ0) is 25.5. The summed E-state index contributed by atoms with van der Waals surface area (Å²) >= 11 is 0. The molecular formula is C26H33N3O6. The number of esters is 2. The van der Waals surface area contributed by atoms with Crippen LogP contribution in [-0.4, -0.2) is 41.0 Å². The summed E-state index contributed by atoms with van der Waals surface area (Å²) < 4.78 is 15.3. The van der Waals surface area contributed by atoms with E-state index in [4.69, 9.17) is 18.8 Å². The van der Waals surface area contributed by atoms with Crippen LogP contribution in [0.15, 0.2) is 58.4 Å². The van der Waals surface area contributed by atoms with Crippen molar-refractivity contribution in [1.82, 2.24) is 10.1 Å². The second-order valence-electron chi connectivity index (χ2n) is 7.76. The molecule has 35 heavy (non-hydrogen) atoms. The highest BCUT2D eigenvalue weighted by molar-refractivity contribution is 5.99. The summed E-state index contributed by atoms with van der Waals surface area (Å²) in [6.45, 7) is 9.70. The van der Waals surface area contributed by atoms with Gasteiger partial charge in [0.15, 0.2) is 0 Å². The lowest BCUT2D eigenvalue weighted by molar-refractivity contribution is -0.144. The van der Waals surface area contributed by atoms with Crippen LogP contribution < -0.4 is 0 Å². The van der Waals surface area contributed by atoms with Gasteiger partial charge in [0.05, 0.1) is 25.3 Å². The zero-order valence-corrected chi connectivity index (χ0v) is 20.6. The van der Waals surface area contributed by atoms with Crippen molar-refractivity contribution in [3.63, 3.8) is 0 Å². The van der Waals surface area contributed by atoms with Crippen molar-refractivity contribution in [2.24, 2.45) is 5.16 Å². The molecule has 1 aromatic carbocycles. The normalized spacial score (nSPS) is 11.7. The predicted octanol–water partition coefficient (Wildman–Crippen LogP) is 5.17. The Morgan fingerprint density at radius 1 is 1.17 bits per heavy atom. The lowest BCUT2D eigenvalue weighted by Crippen LogP contribution is -2.08. The van der Waals surface area contributed by atoms with E-state index in [0.717, 1.165) is 41.5 Å². The van der Waals surface area contributed by atoms with Crippen molar-refractivity contribution in [2.75, 3.05) is 13.2 Å². The fraction of sp³-hybridized carbons (Fsp3) is 0.423. The Morgan fingerprint density at radius 3 is 2.69 bits per heavy atom. The van der Waals surface area contributed by atoms with Gasteiger partial charge in [-0.15, -0.1) is 0 Å². The number of benzene rings is 1. The molecule has 0 radical (unpaired) electrons. The number of carbonyl (C=O) groups excluding carboxylic acids is 2. The molecule has 0 aliphatic rings. The van der Waals surface area contributed by atoms with E-state index in [1.165, 1.54) is 0 Å². The van der Waals surface area contributed by atoms with Crippen LogP contribution in [0.2, 0.25) is 0 Å². The number of unbranched alkanes of at least 4 members (excludes halogenated alkanes) is 2. The molecule has 0 saturated heterocycles. The van der Waals surface area contributed by atoms with Gasteiger partial charge in [0.1, 0.15) is 5.76 Å². The summed E-state index contributed by atoms with van der Waals surface area (Å²) in [5.74, 6) is 0.721. The third-order valence-electron chi connectivity index (χ3n) is 4.81. The van der Waals surface area contributed by atoms with Gasteiger partial charge < -0.3 is 18.8 Å². The van der Waals surface area contributed by atoms with Crippen molar-refractivity contribution in [3.05, 3.63) is 60.2 Å². The Labute approximate surface area is 205 Å². The summed E-state index contributed by atoms with van der Waals surface area (Å²) in [4.78, 5) is 32.7. The summed E-state index contributed by atoms with van der Waals surface area (Å²) in [5, 5.41) is 8.22. The van der Waals surface area contributed by atoms with Gasteiger partial charge in [-0.3, -0.25) is 4.79 Å². The molecule has 0 aliphatic heterocycles. The maximum atomic E-state index is 11.9. The Hall–Kier alpha value is -3.75. The number of aryl methyl sites for hydroxylation is 1. The van der Waals surface area contributed by atoms with E-state index in [2.05, 4.69) is 28.8 Å². The Balaban J connectivity index is 1.82. The number of carbonyl (C=O) groups is 2. The first kappa shape index (κ1) is 27.5. The summed E-state index contributed by atoms with van der Waals surface area (Å²) in [6, 6.07) is 7.59. The molecule has 0 aliphatic carbocycles. The number of aromatic nitrogens is 2. The van der Waals surface area contributed by atoms with Gasteiger partial charge in [0, 0.05) is 18.1 Å². The van der Waals surface area contributed by atoms with Crippen LogP contribution in [0.5, 0.6) is 0 Å². The topological polar surface area (TPSA) is 113 Å². The van der Waals surface area contributed by atoms with E-state index in [0.29, 0.717) is 24.6 Å². The molecule has 0 N–H and O–H groups in total. The lowest BCUT2D eigenvalue weighted by atomic mass is 10.1. The average molecular weight is 484 g/mol. The molecule has 0 unspecified atom stereocenters. The maximum Gasteiger partial charge on any atom is 0.330 e. The first-order valence-corrected chi connectivity index (χ1v) is 11.7. The zero-order valence-electron chi connectivity index (χ0n) is 20.6. The fourth-order valence-corrected chi connectivity index (χ4v) is 2.84. The highest BCUT2D eigenvalue weighted by Gasteiger charge is 2.12. The van der Waals surface area contributed by atoms with Gasteiger partial charge in [-0.05, 0) is 50.8 Å². The molecule has 0 bridgehead atoms. The van der Waals surface area contributed by atoms with E-state index in [1.807, 2.05) is 44.2 Å². The maximum absolute atomic E-state index is 11.9. The molecular weight excluding hydrogens is 450 g/mol. The molecule has 2 aromatic rings. The van der Waals surface area contributed by atoms with Gasteiger partial charge in [0.2, 0.25) is 11.7 Å². The van der Waals surface area contributed by atoms with Gasteiger partial charge in [-0.1, -0.05) is 48.4 Å². The SMILES string of the molecule is C=CC(=O)OCCCCOC(=O)CCc1nc(-c2cccc(/C(C)=N/O/C(C)=C/CCC)c2)no1. The monoisotopic (exact) mass is 483 g/mol. The van der Waals surface area contributed by atoms with Crippen molar-refractivity contribution in [2.45, 2.75) is 59.3 Å². The summed E-state index contributed by atoms with van der Waals surface area (Å²) in [6.07, 6.45) is 6.72. The molecule has 1 heterocycles. The van der Waals surface area contributed by atoms with Crippen LogP contribution in [0.25, 0.3) is 11.4 Å². The minimum Gasteiger partial charge on any atom is -0.466 e. The van der Waals surface area contributed by atoms with E-state index in [9.17, 15) is 9.59 Å². The number of hydrogen-bond donors (Lipinski definition) is 0. The number of oxime groups is 1. The largest absolute Gasteiger partial charge is 0.466 e. The van der Waals surface area contributed by atoms with Crippen LogP contribution in [0.4, 0.5) is 0 Å². The summed E-state index contributed by atoms with van der Waals surface area (Å²) in [7, 11) is 0. The van der Waals surface area contributed by atoms with Crippen LogP contribution >= 0.6 is 0 Å². The Bertz CT molecular complexity index is 1040. The van der Waals surface area contributed by atoms with Crippen molar-refractivity contribution < 1.29 is 28.4 Å². The molecule has 9 nitrogen and oxygen atoms in total. The molecule has 2 rings (SSSR count). The molecule has 1 aromatic heterocycles. The average Bonchev–Trinajstić information content (AvgIpc) is 3.35. The van der Waals surface area contributed by atoms with E-state index in [-0.39, 0.29) is 32.0 Å². The van der Waals surface area contributed by atoms with Crippen molar-refractivity contribution in [3.8, 4) is 11.4 Å². The van der Waals surface area contributed by atoms with Gasteiger partial charge in [-0.25, -0.2) is 4.79 Å². The first-order chi connectivity index (χ1) is 16.9. The highest BCUT2D eigenvalue weighted by atomic mass is 16.6. The standard InChI is InChI=1S/C26H33N3O6/c1-5-7-11-19(3)34-28-20(4)21-12-10-13-22(18-21)26-27-23(35-29-26)14-15-25(31)33-17-9-8-16-32-24(30)6-2/h6,10-13,18H,2,5,7-9,14-17H2,1,3-4H3/b19-11+,28-20+. The third-order valence-corrected chi connectivity index (χ3v) is 4.81. The summed E-state index contributed by atoms with van der Waals surface area (Å²) in [5.41, 5.74) is 2.37. The van der Waals surface area contributed by atoms with E-state index in [1.54, 1.807) is 0 Å². The number of nitrogens with zero attached hydrogens (tertiary/aromatic N) is 3. The van der Waals surface area contributed by atoms with Crippen LogP contribution in [0.1, 0.15) is 64.3 Å². The molecule has 9 heteroatoms. The van der Waals surface area contributed by atoms with E-state index >= 15 is 0 Å². The van der Waals surface area contributed by atoms with Gasteiger partial charge in [0.25, 0.3) is 0 Å². The molecule has 0 amide bonds. The Morgan fingerprint density at radius 2 is 1.94 bits per heavy atom. The number of ether oxygens (including phenoxy) is 2. The van der Waals surface area contributed by atoms with Crippen LogP contribution in [0.3, 0.4) is 0 Å². The minimum atomic E-state index is -0.463. The second-order valence-corrected chi connectivity index (χ2v) is 7.76. The number of hydrogen-bond acceptors (Lipinski definition) is 9. The first-order valence-electron chi connectivity index (χ1n) is 11.7. The molecule has 0 atom stereocenters. The quantitative estimate of drug-likeness (QED) is 0.0852. The molecule has 0 spiro atoms. The van der Waals surface area contributed by atoms with Crippen molar-refractivity contribution >= 4 is 17.7 Å². The predicted molar refractivity (Wildman–Crippen MR) is 131 cm³/mol. The number of allylic oxidation sites excluding steroid dienone is 2. The lowest BCUT2D eigenvalue weighted by Gasteiger charge is -2.04. The minimum absolute atomic E-state index is 0.126. The smallest absolute Gasteiger partial charge is 0.330 e. The van der Waals surface area contributed by atoms with E-state index < -0.39 is 5.97 Å². The Kier molecular flexibility index (Phi) is 11.9. The fourth-order valence-electron chi connectivity index (χ4n) is 2.84.